The smallest absolute Gasteiger partial charge is 0.255 e. The second-order valence-corrected chi connectivity index (χ2v) is 10.2. The van der Waals surface area contributed by atoms with Crippen LogP contribution in [-0.4, -0.2) is 73.3 Å². The van der Waals surface area contributed by atoms with Crippen molar-refractivity contribution in [1.82, 2.24) is 25.5 Å². The van der Waals surface area contributed by atoms with Gasteiger partial charge < -0.3 is 30.3 Å². The largest absolute Gasteiger partial charge is 0.493 e. The van der Waals surface area contributed by atoms with E-state index in [4.69, 9.17) is 9.47 Å². The van der Waals surface area contributed by atoms with E-state index >= 15 is 0 Å². The highest BCUT2D eigenvalue weighted by Crippen LogP contribution is 2.30. The van der Waals surface area contributed by atoms with Gasteiger partial charge >= 0.3 is 0 Å². The average molecular weight is 567 g/mol. The van der Waals surface area contributed by atoms with Crippen LogP contribution in [0.2, 0.25) is 0 Å². The maximum absolute atomic E-state index is 14.7. The zero-order chi connectivity index (χ0) is 28.4. The van der Waals surface area contributed by atoms with Crippen molar-refractivity contribution in [1.29, 1.82) is 0 Å². The lowest BCUT2D eigenvalue weighted by Crippen LogP contribution is -2.36. The number of halogens is 2. The summed E-state index contributed by atoms with van der Waals surface area (Å²) in [6, 6.07) is 9.33. The second-order valence-electron chi connectivity index (χ2n) is 10.2. The van der Waals surface area contributed by atoms with E-state index in [1.165, 1.54) is 18.2 Å². The van der Waals surface area contributed by atoms with Gasteiger partial charge in [-0.15, -0.1) is 0 Å². The van der Waals surface area contributed by atoms with E-state index in [0.717, 1.165) is 71.0 Å². The molecule has 3 heterocycles. The topological polar surface area (TPSA) is 101 Å². The fourth-order valence-corrected chi connectivity index (χ4v) is 4.90. The number of fused-ring (bicyclic) bond motifs is 7. The molecule has 1 amide bonds. The van der Waals surface area contributed by atoms with Crippen molar-refractivity contribution in [2.75, 3.05) is 57.8 Å². The molecule has 2 aliphatic rings. The van der Waals surface area contributed by atoms with Crippen LogP contribution in [0.15, 0.2) is 42.6 Å². The van der Waals surface area contributed by atoms with Crippen LogP contribution in [0.25, 0.3) is 11.3 Å². The summed E-state index contributed by atoms with van der Waals surface area (Å²) in [4.78, 5) is 23.9. The number of nitrogens with zero attached hydrogens (tertiary/aromatic N) is 3. The molecule has 5 rings (SSSR count). The van der Waals surface area contributed by atoms with Gasteiger partial charge in [0.2, 0.25) is 5.95 Å². The number of amides is 1. The molecule has 2 aromatic carbocycles. The molecule has 0 saturated carbocycles. The zero-order valence-corrected chi connectivity index (χ0v) is 23.1. The van der Waals surface area contributed by atoms with Crippen LogP contribution in [0.4, 0.5) is 20.4 Å². The maximum atomic E-state index is 14.7. The van der Waals surface area contributed by atoms with Gasteiger partial charge in [-0.25, -0.2) is 18.7 Å². The number of aromatic nitrogens is 2. The SMILES string of the molecule is O=C(NCCN1CCCNCC1)c1ccc2cc1OCCCCCCOc1cc(ccc1F)-c1nc(ncc1F)N2. The monoisotopic (exact) mass is 566 g/mol. The number of rotatable bonds is 4. The molecule has 2 aliphatic heterocycles. The van der Waals surface area contributed by atoms with E-state index in [2.05, 4.69) is 30.8 Å². The molecule has 3 N–H and O–H groups in total. The molecule has 1 fully saturated rings. The standard InChI is InChI=1S/C30H36F2N6O3/c31-24-9-6-21-18-27(24)41-17-4-2-1-3-16-40-26-19-22(36-30-35-20-25(32)28(21)37-30)7-8-23(26)29(39)34-12-15-38-13-5-10-33-11-14-38/h6-9,18-20,33H,1-5,10-17H2,(H,34,39)(H,35,36,37). The summed E-state index contributed by atoms with van der Waals surface area (Å²) in [7, 11) is 0. The molecule has 218 valence electrons. The molecular weight excluding hydrogens is 530 g/mol. The van der Waals surface area contributed by atoms with Gasteiger partial charge in [0.1, 0.15) is 11.4 Å². The molecule has 0 unspecified atom stereocenters. The van der Waals surface area contributed by atoms with Gasteiger partial charge in [0, 0.05) is 43.5 Å². The van der Waals surface area contributed by atoms with Crippen molar-refractivity contribution in [2.24, 2.45) is 0 Å². The third-order valence-corrected chi connectivity index (χ3v) is 7.13. The Morgan fingerprint density at radius 2 is 1.76 bits per heavy atom. The molecule has 1 aromatic heterocycles. The number of hydrogen-bond donors (Lipinski definition) is 3. The summed E-state index contributed by atoms with van der Waals surface area (Å²) in [6.07, 6.45) is 5.44. The maximum Gasteiger partial charge on any atom is 0.255 e. The predicted molar refractivity (Wildman–Crippen MR) is 153 cm³/mol. The van der Waals surface area contributed by atoms with E-state index in [1.54, 1.807) is 18.2 Å². The quantitative estimate of drug-likeness (QED) is 0.424. The summed E-state index contributed by atoms with van der Waals surface area (Å²) >= 11 is 0. The van der Waals surface area contributed by atoms with E-state index in [9.17, 15) is 13.6 Å². The number of ether oxygens (including phenoxy) is 2. The van der Waals surface area contributed by atoms with Gasteiger partial charge in [0.15, 0.2) is 17.4 Å². The summed E-state index contributed by atoms with van der Waals surface area (Å²) in [5.41, 5.74) is 1.41. The van der Waals surface area contributed by atoms with Crippen LogP contribution in [0.1, 0.15) is 42.5 Å². The number of anilines is 2. The molecule has 9 nitrogen and oxygen atoms in total. The minimum Gasteiger partial charge on any atom is -0.493 e. The lowest BCUT2D eigenvalue weighted by atomic mass is 10.1. The number of carbonyl (C=O) groups is 1. The normalized spacial score (nSPS) is 16.6. The fourth-order valence-electron chi connectivity index (χ4n) is 4.90. The van der Waals surface area contributed by atoms with E-state index < -0.39 is 11.6 Å². The molecule has 0 atom stereocenters. The van der Waals surface area contributed by atoms with Crippen molar-refractivity contribution in [3.8, 4) is 22.8 Å². The average Bonchev–Trinajstić information content (AvgIpc) is 3.25. The molecule has 0 radical (unpaired) electrons. The Morgan fingerprint density at radius 3 is 2.61 bits per heavy atom. The minimum atomic E-state index is -0.644. The second kappa shape index (κ2) is 14.2. The number of nitrogens with one attached hydrogen (secondary N) is 3. The Balaban J connectivity index is 1.35. The van der Waals surface area contributed by atoms with Crippen molar-refractivity contribution < 1.29 is 23.0 Å². The Morgan fingerprint density at radius 1 is 0.927 bits per heavy atom. The van der Waals surface area contributed by atoms with Crippen molar-refractivity contribution in [2.45, 2.75) is 32.1 Å². The highest BCUT2D eigenvalue weighted by Gasteiger charge is 2.17. The molecule has 1 saturated heterocycles. The van der Waals surface area contributed by atoms with Gasteiger partial charge in [-0.3, -0.25) is 4.79 Å². The highest BCUT2D eigenvalue weighted by molar-refractivity contribution is 5.97. The Bertz CT molecular complexity index is 1330. The number of hydrogen-bond acceptors (Lipinski definition) is 8. The summed E-state index contributed by atoms with van der Waals surface area (Å²) in [5, 5.41) is 9.49. The van der Waals surface area contributed by atoms with Crippen LogP contribution >= 0.6 is 0 Å². The summed E-state index contributed by atoms with van der Waals surface area (Å²) in [6.45, 7) is 6.04. The number of benzene rings is 2. The third kappa shape index (κ3) is 7.89. The van der Waals surface area contributed by atoms with E-state index in [-0.39, 0.29) is 23.3 Å². The van der Waals surface area contributed by atoms with Crippen molar-refractivity contribution >= 4 is 17.5 Å². The predicted octanol–water partition coefficient (Wildman–Crippen LogP) is 4.52. The van der Waals surface area contributed by atoms with Crippen LogP contribution < -0.4 is 25.4 Å². The van der Waals surface area contributed by atoms with E-state index in [1.807, 2.05) is 0 Å². The lowest BCUT2D eigenvalue weighted by Gasteiger charge is -2.20. The first-order valence-electron chi connectivity index (χ1n) is 14.3. The fraction of sp³-hybridized carbons (Fsp3) is 0.433. The lowest BCUT2D eigenvalue weighted by molar-refractivity contribution is 0.0944. The Kier molecular flexibility index (Phi) is 9.92. The molecular formula is C30H36F2N6O3. The zero-order valence-electron chi connectivity index (χ0n) is 23.1. The van der Waals surface area contributed by atoms with Crippen LogP contribution in [0.3, 0.4) is 0 Å². The Hall–Kier alpha value is -3.83. The van der Waals surface area contributed by atoms with Gasteiger partial charge in [0.05, 0.1) is 25.0 Å². The van der Waals surface area contributed by atoms with Gasteiger partial charge in [-0.05, 0) is 75.5 Å². The minimum absolute atomic E-state index is 0.0149. The van der Waals surface area contributed by atoms with Gasteiger partial charge in [0.25, 0.3) is 5.91 Å². The van der Waals surface area contributed by atoms with Gasteiger partial charge in [-0.2, -0.15) is 0 Å². The third-order valence-electron chi connectivity index (χ3n) is 7.13. The van der Waals surface area contributed by atoms with Crippen molar-refractivity contribution in [3.05, 3.63) is 59.8 Å². The van der Waals surface area contributed by atoms with Crippen LogP contribution in [-0.2, 0) is 0 Å². The Labute approximate surface area is 238 Å². The molecule has 41 heavy (non-hydrogen) atoms. The van der Waals surface area contributed by atoms with Gasteiger partial charge in [-0.1, -0.05) is 0 Å². The van der Waals surface area contributed by atoms with Crippen molar-refractivity contribution in [3.63, 3.8) is 0 Å². The first kappa shape index (κ1) is 28.7. The van der Waals surface area contributed by atoms with Crippen LogP contribution in [0, 0.1) is 11.6 Å². The van der Waals surface area contributed by atoms with E-state index in [0.29, 0.717) is 42.3 Å². The molecule has 0 spiro atoms. The molecule has 3 aromatic rings. The molecule has 6 bridgehead atoms. The summed E-state index contributed by atoms with van der Waals surface area (Å²) in [5.74, 6) is -0.714. The highest BCUT2D eigenvalue weighted by atomic mass is 19.1. The first-order valence-corrected chi connectivity index (χ1v) is 14.3. The summed E-state index contributed by atoms with van der Waals surface area (Å²) < 4.78 is 40.8. The molecule has 0 aliphatic carbocycles. The first-order chi connectivity index (χ1) is 20.1. The number of carbonyl (C=O) groups excluding carboxylic acids is 1. The van der Waals surface area contributed by atoms with Crippen LogP contribution in [0.5, 0.6) is 11.5 Å². The molecule has 11 heteroatoms.